The first-order valence-corrected chi connectivity index (χ1v) is 5.55. The molecule has 1 atom stereocenters. The van der Waals surface area contributed by atoms with E-state index >= 15 is 0 Å². The molecule has 0 saturated carbocycles. The first-order chi connectivity index (χ1) is 7.77. The van der Waals surface area contributed by atoms with E-state index in [-0.39, 0.29) is 18.4 Å². The Kier molecular flexibility index (Phi) is 5.50. The number of pyridine rings is 1. The zero-order valence-corrected chi connectivity index (χ0v) is 9.52. The minimum Gasteiger partial charge on any atom is -0.396 e. The maximum absolute atomic E-state index is 11.5. The molecule has 4 nitrogen and oxygen atoms in total. The van der Waals surface area contributed by atoms with Gasteiger partial charge in [-0.15, -0.1) is 0 Å². The Morgan fingerprint density at radius 1 is 1.50 bits per heavy atom. The van der Waals surface area contributed by atoms with Gasteiger partial charge >= 0.3 is 0 Å². The highest BCUT2D eigenvalue weighted by Crippen LogP contribution is 2.01. The van der Waals surface area contributed by atoms with E-state index in [1.807, 2.05) is 19.1 Å². The van der Waals surface area contributed by atoms with Crippen LogP contribution in [0, 0.1) is 5.92 Å². The third-order valence-corrected chi connectivity index (χ3v) is 2.55. The van der Waals surface area contributed by atoms with Gasteiger partial charge in [0.1, 0.15) is 0 Å². The minimum absolute atomic E-state index is 0.0703. The van der Waals surface area contributed by atoms with Crippen LogP contribution < -0.4 is 5.32 Å². The second-order valence-corrected chi connectivity index (χ2v) is 3.68. The number of aliphatic hydroxyl groups is 1. The highest BCUT2D eigenvalue weighted by molar-refractivity contribution is 5.78. The molecule has 0 radical (unpaired) electrons. The fourth-order valence-electron chi connectivity index (χ4n) is 1.42. The van der Waals surface area contributed by atoms with E-state index in [4.69, 9.17) is 5.11 Å². The Morgan fingerprint density at radius 3 is 2.75 bits per heavy atom. The highest BCUT2D eigenvalue weighted by Gasteiger charge is 2.13. The molecule has 2 N–H and O–H groups in total. The largest absolute Gasteiger partial charge is 0.396 e. The van der Waals surface area contributed by atoms with Crippen molar-refractivity contribution < 1.29 is 9.90 Å². The molecule has 1 amide bonds. The van der Waals surface area contributed by atoms with Crippen LogP contribution in [0.15, 0.2) is 24.5 Å². The van der Waals surface area contributed by atoms with E-state index < -0.39 is 0 Å². The van der Waals surface area contributed by atoms with Crippen molar-refractivity contribution in [3.05, 3.63) is 30.1 Å². The molecule has 1 rings (SSSR count). The smallest absolute Gasteiger partial charge is 0.225 e. The SMILES string of the molecule is CCC(CO)C(=O)NCCc1ccncc1. The first kappa shape index (κ1) is 12.6. The Morgan fingerprint density at radius 2 is 2.19 bits per heavy atom. The molecular formula is C12H18N2O2. The van der Waals surface area contributed by atoms with Crippen molar-refractivity contribution in [3.63, 3.8) is 0 Å². The van der Waals surface area contributed by atoms with Crippen molar-refractivity contribution in [2.45, 2.75) is 19.8 Å². The summed E-state index contributed by atoms with van der Waals surface area (Å²) in [6, 6.07) is 3.85. The van der Waals surface area contributed by atoms with E-state index in [1.54, 1.807) is 12.4 Å². The van der Waals surface area contributed by atoms with Gasteiger partial charge < -0.3 is 10.4 Å². The zero-order chi connectivity index (χ0) is 11.8. The zero-order valence-electron chi connectivity index (χ0n) is 9.52. The molecule has 16 heavy (non-hydrogen) atoms. The molecule has 0 saturated heterocycles. The third-order valence-electron chi connectivity index (χ3n) is 2.55. The summed E-state index contributed by atoms with van der Waals surface area (Å²) in [6.45, 7) is 2.40. The predicted molar refractivity (Wildman–Crippen MR) is 61.8 cm³/mol. The first-order valence-electron chi connectivity index (χ1n) is 5.55. The van der Waals surface area contributed by atoms with E-state index in [2.05, 4.69) is 10.3 Å². The van der Waals surface area contributed by atoms with Crippen LogP contribution in [0.25, 0.3) is 0 Å². The lowest BCUT2D eigenvalue weighted by molar-refractivity contribution is -0.126. The van der Waals surface area contributed by atoms with Crippen molar-refractivity contribution in [1.29, 1.82) is 0 Å². The molecule has 88 valence electrons. The summed E-state index contributed by atoms with van der Waals surface area (Å²) in [5.41, 5.74) is 1.15. The lowest BCUT2D eigenvalue weighted by Crippen LogP contribution is -2.33. The van der Waals surface area contributed by atoms with Crippen molar-refractivity contribution in [3.8, 4) is 0 Å². The van der Waals surface area contributed by atoms with E-state index in [1.165, 1.54) is 0 Å². The van der Waals surface area contributed by atoms with Crippen LogP contribution in [0.2, 0.25) is 0 Å². The highest BCUT2D eigenvalue weighted by atomic mass is 16.3. The molecule has 1 aromatic heterocycles. The molecule has 1 aromatic rings. The molecular weight excluding hydrogens is 204 g/mol. The number of nitrogens with one attached hydrogen (secondary N) is 1. The van der Waals surface area contributed by atoms with Gasteiger partial charge in [-0.2, -0.15) is 0 Å². The maximum atomic E-state index is 11.5. The van der Waals surface area contributed by atoms with Crippen molar-refractivity contribution in [1.82, 2.24) is 10.3 Å². The third kappa shape index (κ3) is 3.98. The number of hydrogen-bond acceptors (Lipinski definition) is 3. The number of carbonyl (C=O) groups is 1. The second kappa shape index (κ2) is 6.95. The van der Waals surface area contributed by atoms with Crippen LogP contribution in [0.4, 0.5) is 0 Å². The van der Waals surface area contributed by atoms with Gasteiger partial charge in [-0.1, -0.05) is 6.92 Å². The molecule has 0 aliphatic rings. The molecule has 1 heterocycles. The van der Waals surface area contributed by atoms with Crippen LogP contribution >= 0.6 is 0 Å². The summed E-state index contributed by atoms with van der Waals surface area (Å²) < 4.78 is 0. The lowest BCUT2D eigenvalue weighted by Gasteiger charge is -2.11. The Hall–Kier alpha value is -1.42. The van der Waals surface area contributed by atoms with Gasteiger partial charge in [-0.05, 0) is 30.5 Å². The fourth-order valence-corrected chi connectivity index (χ4v) is 1.42. The summed E-state index contributed by atoms with van der Waals surface area (Å²) in [6.07, 6.45) is 4.92. The van der Waals surface area contributed by atoms with Crippen molar-refractivity contribution >= 4 is 5.91 Å². The quantitative estimate of drug-likeness (QED) is 0.747. The van der Waals surface area contributed by atoms with Gasteiger partial charge in [0.2, 0.25) is 5.91 Å². The van der Waals surface area contributed by atoms with Gasteiger partial charge in [0.05, 0.1) is 12.5 Å². The summed E-state index contributed by atoms with van der Waals surface area (Å²) in [5.74, 6) is -0.350. The molecule has 0 spiro atoms. The molecule has 0 aliphatic carbocycles. The van der Waals surface area contributed by atoms with Crippen molar-refractivity contribution in [2.24, 2.45) is 5.92 Å². The van der Waals surface area contributed by atoms with E-state index in [0.29, 0.717) is 13.0 Å². The second-order valence-electron chi connectivity index (χ2n) is 3.68. The average molecular weight is 222 g/mol. The number of rotatable bonds is 6. The van der Waals surface area contributed by atoms with E-state index in [9.17, 15) is 4.79 Å². The summed E-state index contributed by atoms with van der Waals surface area (Å²) >= 11 is 0. The fraction of sp³-hybridized carbons (Fsp3) is 0.500. The van der Waals surface area contributed by atoms with Crippen LogP contribution in [-0.2, 0) is 11.2 Å². The molecule has 1 unspecified atom stereocenters. The number of nitrogens with zero attached hydrogens (tertiary/aromatic N) is 1. The monoisotopic (exact) mass is 222 g/mol. The number of hydrogen-bond donors (Lipinski definition) is 2. The molecule has 0 aliphatic heterocycles. The van der Waals surface area contributed by atoms with Crippen LogP contribution in [0.1, 0.15) is 18.9 Å². The number of aliphatic hydroxyl groups excluding tert-OH is 1. The minimum atomic E-state index is -0.280. The number of carbonyl (C=O) groups excluding carboxylic acids is 1. The normalized spacial score (nSPS) is 12.1. The number of amides is 1. The molecule has 4 heteroatoms. The van der Waals surface area contributed by atoms with Crippen LogP contribution in [0.3, 0.4) is 0 Å². The van der Waals surface area contributed by atoms with Gasteiger partial charge in [0.15, 0.2) is 0 Å². The van der Waals surface area contributed by atoms with Crippen LogP contribution in [0.5, 0.6) is 0 Å². The van der Waals surface area contributed by atoms with Gasteiger partial charge in [0, 0.05) is 18.9 Å². The van der Waals surface area contributed by atoms with Crippen molar-refractivity contribution in [2.75, 3.05) is 13.2 Å². The van der Waals surface area contributed by atoms with Gasteiger partial charge in [-0.25, -0.2) is 0 Å². The van der Waals surface area contributed by atoms with Gasteiger partial charge in [-0.3, -0.25) is 9.78 Å². The number of aromatic nitrogens is 1. The van der Waals surface area contributed by atoms with E-state index in [0.717, 1.165) is 12.0 Å². The predicted octanol–water partition coefficient (Wildman–Crippen LogP) is 0.759. The average Bonchev–Trinajstić information content (AvgIpc) is 2.32. The maximum Gasteiger partial charge on any atom is 0.225 e. The van der Waals surface area contributed by atoms with Crippen LogP contribution in [-0.4, -0.2) is 29.1 Å². The standard InChI is InChI=1S/C12H18N2O2/c1-2-11(9-15)12(16)14-8-5-10-3-6-13-7-4-10/h3-4,6-7,11,15H,2,5,8-9H2,1H3,(H,14,16). The lowest BCUT2D eigenvalue weighted by atomic mass is 10.1. The topological polar surface area (TPSA) is 62.2 Å². The Balaban J connectivity index is 2.28. The Labute approximate surface area is 95.7 Å². The molecule has 0 aromatic carbocycles. The molecule has 0 bridgehead atoms. The molecule has 0 fully saturated rings. The summed E-state index contributed by atoms with van der Waals surface area (Å²) in [4.78, 5) is 15.4. The van der Waals surface area contributed by atoms with Gasteiger partial charge in [0.25, 0.3) is 0 Å². The summed E-state index contributed by atoms with van der Waals surface area (Å²) in [5, 5.41) is 11.8. The Bertz CT molecular complexity index is 310. The summed E-state index contributed by atoms with van der Waals surface area (Å²) in [7, 11) is 0.